The van der Waals surface area contributed by atoms with Gasteiger partial charge in [-0.3, -0.25) is 0 Å². The molecule has 112 valence electrons. The Morgan fingerprint density at radius 1 is 1.20 bits per heavy atom. The third-order valence-electron chi connectivity index (χ3n) is 3.33. The Hall–Kier alpha value is -1.14. The van der Waals surface area contributed by atoms with E-state index in [1.54, 1.807) is 6.07 Å². The van der Waals surface area contributed by atoms with Gasteiger partial charge in [-0.1, -0.05) is 24.6 Å². The van der Waals surface area contributed by atoms with E-state index in [0.717, 1.165) is 32.7 Å². The molecular weight excluding hydrogens is 293 g/mol. The first-order valence-electron chi connectivity index (χ1n) is 6.42. The molecular formula is C13H16ClF3N2O. The summed E-state index contributed by atoms with van der Waals surface area (Å²) in [5.41, 5.74) is 0.587. The molecule has 0 spiro atoms. The summed E-state index contributed by atoms with van der Waals surface area (Å²) in [6, 6.07) is 4.46. The van der Waals surface area contributed by atoms with Gasteiger partial charge in [0.2, 0.25) is 0 Å². The highest BCUT2D eigenvalue weighted by Crippen LogP contribution is 2.37. The van der Waals surface area contributed by atoms with Gasteiger partial charge in [0, 0.05) is 26.2 Å². The third kappa shape index (κ3) is 3.70. The number of piperazine rings is 1. The maximum Gasteiger partial charge on any atom is 0.573 e. The van der Waals surface area contributed by atoms with Gasteiger partial charge in [0.05, 0.1) is 5.69 Å². The molecule has 0 amide bonds. The van der Waals surface area contributed by atoms with Crippen molar-refractivity contribution in [2.45, 2.75) is 13.3 Å². The van der Waals surface area contributed by atoms with Crippen LogP contribution in [0.4, 0.5) is 18.9 Å². The number of hydrogen-bond donors (Lipinski definition) is 0. The second-order valence-corrected chi connectivity index (χ2v) is 4.94. The molecule has 0 N–H and O–H groups in total. The van der Waals surface area contributed by atoms with Crippen molar-refractivity contribution in [2.75, 3.05) is 37.6 Å². The van der Waals surface area contributed by atoms with Crippen LogP contribution in [0.25, 0.3) is 0 Å². The molecule has 0 atom stereocenters. The first kappa shape index (κ1) is 15.3. The van der Waals surface area contributed by atoms with Crippen LogP contribution in [0.1, 0.15) is 6.92 Å². The average Bonchev–Trinajstić information content (AvgIpc) is 2.40. The molecule has 1 fully saturated rings. The quantitative estimate of drug-likeness (QED) is 0.851. The standard InChI is InChI=1S/C13H16ClF3N2O/c1-2-18-6-8-19(9-7-18)10-4-3-5-11(12(10)14)20-13(15,16)17/h3-5H,2,6-9H2,1H3. The van der Waals surface area contributed by atoms with Crippen molar-refractivity contribution in [3.05, 3.63) is 23.2 Å². The largest absolute Gasteiger partial charge is 0.573 e. The van der Waals surface area contributed by atoms with E-state index in [1.807, 2.05) is 4.90 Å². The fourth-order valence-electron chi connectivity index (χ4n) is 2.25. The second-order valence-electron chi connectivity index (χ2n) is 4.56. The van der Waals surface area contributed by atoms with Gasteiger partial charge in [-0.05, 0) is 18.7 Å². The van der Waals surface area contributed by atoms with Crippen molar-refractivity contribution in [3.8, 4) is 5.75 Å². The molecule has 1 aromatic carbocycles. The first-order valence-corrected chi connectivity index (χ1v) is 6.80. The highest BCUT2D eigenvalue weighted by atomic mass is 35.5. The molecule has 1 aromatic rings. The normalized spacial score (nSPS) is 17.4. The predicted molar refractivity (Wildman–Crippen MR) is 72.5 cm³/mol. The topological polar surface area (TPSA) is 15.7 Å². The summed E-state index contributed by atoms with van der Waals surface area (Å²) in [6.07, 6.45) is -4.73. The number of likely N-dealkylation sites (N-methyl/N-ethyl adjacent to an activating group) is 1. The van der Waals surface area contributed by atoms with Crippen LogP contribution in [0.3, 0.4) is 0 Å². The van der Waals surface area contributed by atoms with Gasteiger partial charge in [0.1, 0.15) is 10.8 Å². The van der Waals surface area contributed by atoms with Crippen LogP contribution in [0.5, 0.6) is 5.75 Å². The SMILES string of the molecule is CCN1CCN(c2cccc(OC(F)(F)F)c2Cl)CC1. The van der Waals surface area contributed by atoms with Crippen molar-refractivity contribution in [1.29, 1.82) is 0 Å². The van der Waals surface area contributed by atoms with Gasteiger partial charge in [-0.2, -0.15) is 0 Å². The first-order chi connectivity index (χ1) is 9.40. The number of hydrogen-bond acceptors (Lipinski definition) is 3. The van der Waals surface area contributed by atoms with Crippen LogP contribution in [0, 0.1) is 0 Å². The minimum absolute atomic E-state index is 0.00905. The lowest BCUT2D eigenvalue weighted by Gasteiger charge is -2.36. The highest BCUT2D eigenvalue weighted by molar-refractivity contribution is 6.34. The molecule has 0 aliphatic carbocycles. The minimum Gasteiger partial charge on any atom is -0.404 e. The van der Waals surface area contributed by atoms with Gasteiger partial charge in [-0.25, -0.2) is 0 Å². The molecule has 1 saturated heterocycles. The van der Waals surface area contributed by atoms with Crippen molar-refractivity contribution < 1.29 is 17.9 Å². The van der Waals surface area contributed by atoms with Gasteiger partial charge < -0.3 is 14.5 Å². The van der Waals surface area contributed by atoms with Crippen molar-refractivity contribution in [1.82, 2.24) is 4.90 Å². The third-order valence-corrected chi connectivity index (χ3v) is 3.71. The van der Waals surface area contributed by atoms with Crippen molar-refractivity contribution in [3.63, 3.8) is 0 Å². The summed E-state index contributed by atoms with van der Waals surface area (Å²) in [5, 5.41) is 0.00905. The highest BCUT2D eigenvalue weighted by Gasteiger charge is 2.32. The van der Waals surface area contributed by atoms with Crippen LogP contribution in [-0.2, 0) is 0 Å². The number of anilines is 1. The Morgan fingerprint density at radius 3 is 2.40 bits per heavy atom. The lowest BCUT2D eigenvalue weighted by Crippen LogP contribution is -2.46. The molecule has 2 rings (SSSR count). The van der Waals surface area contributed by atoms with E-state index in [4.69, 9.17) is 11.6 Å². The Kier molecular flexibility index (Phi) is 4.65. The number of nitrogens with zero attached hydrogens (tertiary/aromatic N) is 2. The fraction of sp³-hybridized carbons (Fsp3) is 0.538. The maximum absolute atomic E-state index is 12.3. The molecule has 1 heterocycles. The monoisotopic (exact) mass is 308 g/mol. The number of alkyl halides is 3. The minimum atomic E-state index is -4.73. The number of halogens is 4. The summed E-state index contributed by atoms with van der Waals surface area (Å²) in [4.78, 5) is 4.26. The molecule has 1 aliphatic rings. The van der Waals surface area contributed by atoms with E-state index in [0.29, 0.717) is 5.69 Å². The zero-order chi connectivity index (χ0) is 14.8. The molecule has 3 nitrogen and oxygen atoms in total. The summed E-state index contributed by atoms with van der Waals surface area (Å²) in [6.45, 7) is 6.28. The molecule has 0 saturated carbocycles. The maximum atomic E-state index is 12.3. The van der Waals surface area contributed by atoms with Crippen LogP contribution >= 0.6 is 11.6 Å². The molecule has 7 heteroatoms. The summed E-state index contributed by atoms with van der Waals surface area (Å²) < 4.78 is 40.8. The van der Waals surface area contributed by atoms with Crippen LogP contribution in [0.2, 0.25) is 5.02 Å². The fourth-order valence-corrected chi connectivity index (χ4v) is 2.54. The van der Waals surface area contributed by atoms with Crippen LogP contribution in [0.15, 0.2) is 18.2 Å². The predicted octanol–water partition coefficient (Wildman–Crippen LogP) is 3.38. The number of rotatable bonds is 3. The lowest BCUT2D eigenvalue weighted by atomic mass is 10.2. The summed E-state index contributed by atoms with van der Waals surface area (Å²) in [5.74, 6) is -0.352. The summed E-state index contributed by atoms with van der Waals surface area (Å²) in [7, 11) is 0. The number of benzene rings is 1. The molecule has 1 aliphatic heterocycles. The molecule has 0 unspecified atom stereocenters. The van der Waals surface area contributed by atoms with E-state index in [-0.39, 0.29) is 10.8 Å². The average molecular weight is 309 g/mol. The van der Waals surface area contributed by atoms with E-state index in [9.17, 15) is 13.2 Å². The Balaban J connectivity index is 2.15. The van der Waals surface area contributed by atoms with Crippen molar-refractivity contribution >= 4 is 17.3 Å². The van der Waals surface area contributed by atoms with Crippen LogP contribution in [-0.4, -0.2) is 44.0 Å². The van der Waals surface area contributed by atoms with Gasteiger partial charge >= 0.3 is 6.36 Å². The van der Waals surface area contributed by atoms with E-state index in [2.05, 4.69) is 16.6 Å². The zero-order valence-corrected chi connectivity index (χ0v) is 11.8. The lowest BCUT2D eigenvalue weighted by molar-refractivity contribution is -0.274. The molecule has 0 aromatic heterocycles. The second kappa shape index (κ2) is 6.10. The Bertz CT molecular complexity index is 459. The van der Waals surface area contributed by atoms with Gasteiger partial charge in [0.15, 0.2) is 0 Å². The Labute approximate surface area is 120 Å². The summed E-state index contributed by atoms with van der Waals surface area (Å²) >= 11 is 6.04. The van der Waals surface area contributed by atoms with Gasteiger partial charge in [-0.15, -0.1) is 13.2 Å². The molecule has 0 radical (unpaired) electrons. The van der Waals surface area contributed by atoms with E-state index in [1.165, 1.54) is 12.1 Å². The van der Waals surface area contributed by atoms with Gasteiger partial charge in [0.25, 0.3) is 0 Å². The van der Waals surface area contributed by atoms with Crippen LogP contribution < -0.4 is 9.64 Å². The van der Waals surface area contributed by atoms with Crippen molar-refractivity contribution in [2.24, 2.45) is 0 Å². The zero-order valence-electron chi connectivity index (χ0n) is 11.1. The molecule has 0 bridgehead atoms. The van der Waals surface area contributed by atoms with E-state index >= 15 is 0 Å². The smallest absolute Gasteiger partial charge is 0.404 e. The van der Waals surface area contributed by atoms with E-state index < -0.39 is 6.36 Å². The number of ether oxygens (including phenoxy) is 1. The Morgan fingerprint density at radius 2 is 1.85 bits per heavy atom. The molecule has 20 heavy (non-hydrogen) atoms.